The lowest BCUT2D eigenvalue weighted by Crippen LogP contribution is -2.43. The predicted molar refractivity (Wildman–Crippen MR) is 96.7 cm³/mol. The third-order valence-corrected chi connectivity index (χ3v) is 5.87. The molecule has 2 aromatic rings. The van der Waals surface area contributed by atoms with Gasteiger partial charge < -0.3 is 10.6 Å². The van der Waals surface area contributed by atoms with Crippen molar-refractivity contribution in [3.05, 3.63) is 52.6 Å². The SMILES string of the molecule is O=[N+]([O-])c1ccc2c(c1Sc1ccccc1)NC1(CCCCC1)N2. The lowest BCUT2D eigenvalue weighted by atomic mass is 9.89. The molecule has 2 N–H and O–H groups in total. The van der Waals surface area contributed by atoms with Crippen LogP contribution >= 0.6 is 11.8 Å². The highest BCUT2D eigenvalue weighted by Crippen LogP contribution is 2.50. The van der Waals surface area contributed by atoms with Crippen molar-refractivity contribution in [2.75, 3.05) is 10.6 Å². The molecule has 24 heavy (non-hydrogen) atoms. The highest BCUT2D eigenvalue weighted by Gasteiger charge is 2.40. The summed E-state index contributed by atoms with van der Waals surface area (Å²) in [4.78, 5) is 12.9. The van der Waals surface area contributed by atoms with E-state index in [-0.39, 0.29) is 16.3 Å². The van der Waals surface area contributed by atoms with Gasteiger partial charge in [0.05, 0.1) is 16.3 Å². The van der Waals surface area contributed by atoms with Gasteiger partial charge in [-0.15, -0.1) is 0 Å². The van der Waals surface area contributed by atoms with Gasteiger partial charge in [0.15, 0.2) is 0 Å². The maximum atomic E-state index is 11.5. The molecule has 4 rings (SSSR count). The number of nitro groups is 1. The van der Waals surface area contributed by atoms with Crippen LogP contribution in [-0.4, -0.2) is 10.6 Å². The standard InChI is InChI=1S/C18H19N3O2S/c22-21(23)15-10-9-14-16(17(15)24-13-7-3-1-4-8-13)20-18(19-14)11-5-2-6-12-18/h1,3-4,7-10,19-20H,2,5-6,11-12H2. The third kappa shape index (κ3) is 2.71. The van der Waals surface area contributed by atoms with Crippen molar-refractivity contribution in [3.8, 4) is 0 Å². The van der Waals surface area contributed by atoms with Gasteiger partial charge in [0.2, 0.25) is 0 Å². The van der Waals surface area contributed by atoms with E-state index in [1.807, 2.05) is 36.4 Å². The first kappa shape index (κ1) is 15.3. The van der Waals surface area contributed by atoms with Gasteiger partial charge in [-0.3, -0.25) is 10.1 Å². The molecule has 1 saturated carbocycles. The van der Waals surface area contributed by atoms with Gasteiger partial charge >= 0.3 is 0 Å². The molecular weight excluding hydrogens is 322 g/mol. The second kappa shape index (κ2) is 6.02. The van der Waals surface area contributed by atoms with Crippen molar-refractivity contribution >= 4 is 28.8 Å². The number of hydrogen-bond acceptors (Lipinski definition) is 5. The largest absolute Gasteiger partial charge is 0.361 e. The van der Waals surface area contributed by atoms with E-state index in [1.165, 1.54) is 31.0 Å². The summed E-state index contributed by atoms with van der Waals surface area (Å²) in [5, 5.41) is 18.7. The second-order valence-corrected chi connectivity index (χ2v) is 7.49. The predicted octanol–water partition coefficient (Wildman–Crippen LogP) is 5.24. The summed E-state index contributed by atoms with van der Waals surface area (Å²) in [6.07, 6.45) is 5.71. The Balaban J connectivity index is 1.75. The van der Waals surface area contributed by atoms with Crippen molar-refractivity contribution in [2.24, 2.45) is 0 Å². The van der Waals surface area contributed by atoms with E-state index in [1.54, 1.807) is 6.07 Å². The first-order valence-electron chi connectivity index (χ1n) is 8.28. The molecule has 5 nitrogen and oxygen atoms in total. The monoisotopic (exact) mass is 341 g/mol. The molecule has 0 radical (unpaired) electrons. The van der Waals surface area contributed by atoms with Crippen LogP contribution in [0.1, 0.15) is 32.1 Å². The van der Waals surface area contributed by atoms with E-state index in [4.69, 9.17) is 0 Å². The highest BCUT2D eigenvalue weighted by atomic mass is 32.2. The summed E-state index contributed by atoms with van der Waals surface area (Å²) in [6, 6.07) is 13.3. The van der Waals surface area contributed by atoms with Crippen LogP contribution in [0.3, 0.4) is 0 Å². The number of fused-ring (bicyclic) bond motifs is 1. The first-order valence-corrected chi connectivity index (χ1v) is 9.09. The molecule has 1 spiro atoms. The zero-order valence-corrected chi connectivity index (χ0v) is 14.1. The van der Waals surface area contributed by atoms with Crippen molar-refractivity contribution in [1.82, 2.24) is 0 Å². The van der Waals surface area contributed by atoms with Crippen LogP contribution in [0.4, 0.5) is 17.1 Å². The maximum Gasteiger partial charge on any atom is 0.285 e. The number of hydrogen-bond donors (Lipinski definition) is 2. The molecule has 0 saturated heterocycles. The molecular formula is C18H19N3O2S. The summed E-state index contributed by atoms with van der Waals surface area (Å²) in [5.74, 6) is 0. The number of benzene rings is 2. The Hall–Kier alpha value is -2.21. The molecule has 1 heterocycles. The van der Waals surface area contributed by atoms with Gasteiger partial charge in [0.1, 0.15) is 10.6 Å². The molecule has 0 aromatic heterocycles. The van der Waals surface area contributed by atoms with Crippen LogP contribution in [-0.2, 0) is 0 Å². The van der Waals surface area contributed by atoms with Crippen LogP contribution < -0.4 is 10.6 Å². The van der Waals surface area contributed by atoms with E-state index in [9.17, 15) is 10.1 Å². The van der Waals surface area contributed by atoms with Crippen molar-refractivity contribution in [3.63, 3.8) is 0 Å². The topological polar surface area (TPSA) is 67.2 Å². The summed E-state index contributed by atoms with van der Waals surface area (Å²) in [6.45, 7) is 0. The van der Waals surface area contributed by atoms with E-state index in [0.29, 0.717) is 4.90 Å². The maximum absolute atomic E-state index is 11.5. The Labute approximate surface area is 145 Å². The molecule has 1 aliphatic carbocycles. The van der Waals surface area contributed by atoms with Gasteiger partial charge in [-0.2, -0.15) is 0 Å². The average Bonchev–Trinajstić information content (AvgIpc) is 2.94. The van der Waals surface area contributed by atoms with Gasteiger partial charge in [0.25, 0.3) is 5.69 Å². The van der Waals surface area contributed by atoms with Gasteiger partial charge in [-0.25, -0.2) is 0 Å². The molecule has 0 atom stereocenters. The zero-order valence-electron chi connectivity index (χ0n) is 13.2. The van der Waals surface area contributed by atoms with E-state index in [0.717, 1.165) is 29.1 Å². The van der Waals surface area contributed by atoms with E-state index < -0.39 is 0 Å². The molecule has 1 aliphatic heterocycles. The average molecular weight is 341 g/mol. The molecule has 1 fully saturated rings. The van der Waals surface area contributed by atoms with Gasteiger partial charge in [0, 0.05) is 11.0 Å². The summed E-state index contributed by atoms with van der Waals surface area (Å²) < 4.78 is 0. The van der Waals surface area contributed by atoms with Crippen LogP contribution in [0.5, 0.6) is 0 Å². The molecule has 2 aliphatic rings. The molecule has 0 amide bonds. The van der Waals surface area contributed by atoms with Crippen molar-refractivity contribution in [2.45, 2.75) is 47.6 Å². The van der Waals surface area contributed by atoms with Gasteiger partial charge in [-0.1, -0.05) is 36.4 Å². The summed E-state index contributed by atoms with van der Waals surface area (Å²) in [7, 11) is 0. The number of nitrogens with zero attached hydrogens (tertiary/aromatic N) is 1. The molecule has 124 valence electrons. The number of rotatable bonds is 3. The second-order valence-electron chi connectivity index (χ2n) is 6.40. The Morgan fingerprint density at radius 2 is 1.75 bits per heavy atom. The van der Waals surface area contributed by atoms with E-state index >= 15 is 0 Å². The lowest BCUT2D eigenvalue weighted by molar-refractivity contribution is -0.387. The number of nitrogens with one attached hydrogen (secondary N) is 2. The first-order chi connectivity index (χ1) is 11.7. The number of anilines is 2. The summed E-state index contributed by atoms with van der Waals surface area (Å²) in [5.41, 5.74) is 1.87. The number of nitro benzene ring substituents is 1. The summed E-state index contributed by atoms with van der Waals surface area (Å²) >= 11 is 1.45. The van der Waals surface area contributed by atoms with Crippen LogP contribution in [0.15, 0.2) is 52.3 Å². The molecule has 0 bridgehead atoms. The quantitative estimate of drug-likeness (QED) is 0.590. The Kier molecular flexibility index (Phi) is 3.84. The van der Waals surface area contributed by atoms with Crippen LogP contribution in [0.2, 0.25) is 0 Å². The Bertz CT molecular complexity index is 773. The minimum atomic E-state index is -0.293. The Morgan fingerprint density at radius 1 is 1.00 bits per heavy atom. The van der Waals surface area contributed by atoms with Crippen molar-refractivity contribution in [1.29, 1.82) is 0 Å². The molecule has 0 unspecified atom stereocenters. The fourth-order valence-electron chi connectivity index (χ4n) is 3.59. The van der Waals surface area contributed by atoms with Gasteiger partial charge in [-0.05, 0) is 43.9 Å². The fraction of sp³-hybridized carbons (Fsp3) is 0.333. The minimum absolute atomic E-state index is 0.137. The Morgan fingerprint density at radius 3 is 2.46 bits per heavy atom. The fourth-order valence-corrected chi connectivity index (χ4v) is 4.63. The van der Waals surface area contributed by atoms with Crippen molar-refractivity contribution < 1.29 is 4.92 Å². The zero-order chi connectivity index (χ0) is 16.6. The molecule has 2 aromatic carbocycles. The lowest BCUT2D eigenvalue weighted by Gasteiger charge is -2.34. The van der Waals surface area contributed by atoms with Crippen LogP contribution in [0, 0.1) is 10.1 Å². The van der Waals surface area contributed by atoms with Crippen LogP contribution in [0.25, 0.3) is 0 Å². The highest BCUT2D eigenvalue weighted by molar-refractivity contribution is 7.99. The minimum Gasteiger partial charge on any atom is -0.361 e. The third-order valence-electron chi connectivity index (χ3n) is 4.74. The normalized spacial score (nSPS) is 17.8. The molecule has 6 heteroatoms. The smallest absolute Gasteiger partial charge is 0.285 e. The van der Waals surface area contributed by atoms with E-state index in [2.05, 4.69) is 10.6 Å².